The number of amides is 2. The first-order chi connectivity index (χ1) is 13.5. The van der Waals surface area contributed by atoms with Crippen LogP contribution in [0.25, 0.3) is 0 Å². The third-order valence-corrected chi connectivity index (χ3v) is 4.48. The van der Waals surface area contributed by atoms with E-state index >= 15 is 0 Å². The Balaban J connectivity index is 2.12. The molecule has 0 aromatic heterocycles. The van der Waals surface area contributed by atoms with Gasteiger partial charge in [0.15, 0.2) is 6.10 Å². The Labute approximate surface area is 165 Å². The Morgan fingerprint density at radius 2 is 1.57 bits per heavy atom. The summed E-state index contributed by atoms with van der Waals surface area (Å²) >= 11 is 0. The van der Waals surface area contributed by atoms with Crippen molar-refractivity contribution in [3.05, 3.63) is 71.8 Å². The summed E-state index contributed by atoms with van der Waals surface area (Å²) in [5.41, 5.74) is 1.31. The normalized spacial score (nSPS) is 14.0. The van der Waals surface area contributed by atoms with Gasteiger partial charge in [0.2, 0.25) is 0 Å². The van der Waals surface area contributed by atoms with Gasteiger partial charge in [-0.15, -0.1) is 0 Å². The van der Waals surface area contributed by atoms with Gasteiger partial charge >= 0.3 is 0 Å². The van der Waals surface area contributed by atoms with Crippen LogP contribution in [0.2, 0.25) is 0 Å². The first kappa shape index (κ1) is 21.6. The summed E-state index contributed by atoms with van der Waals surface area (Å²) in [4.78, 5) is 24.7. The molecule has 2 aromatic rings. The average molecular weight is 384 g/mol. The van der Waals surface area contributed by atoms with Crippen molar-refractivity contribution < 1.29 is 19.8 Å². The minimum Gasteiger partial charge on any atom is -0.388 e. The van der Waals surface area contributed by atoms with Gasteiger partial charge in [-0.05, 0) is 30.5 Å². The molecule has 4 N–H and O–H groups in total. The lowest BCUT2D eigenvalue weighted by molar-refractivity contribution is -0.136. The second-order valence-corrected chi connectivity index (χ2v) is 6.72. The molecule has 0 aliphatic heterocycles. The summed E-state index contributed by atoms with van der Waals surface area (Å²) in [5.74, 6) is -1.02. The quantitative estimate of drug-likeness (QED) is 0.468. The Morgan fingerprint density at radius 1 is 0.964 bits per heavy atom. The second-order valence-electron chi connectivity index (χ2n) is 6.72. The Hall–Kier alpha value is -2.70. The zero-order valence-electron chi connectivity index (χ0n) is 16.0. The van der Waals surface area contributed by atoms with Crippen LogP contribution in [0, 0.1) is 0 Å². The molecule has 28 heavy (non-hydrogen) atoms. The topological polar surface area (TPSA) is 98.7 Å². The molecule has 3 atom stereocenters. The third-order valence-electron chi connectivity index (χ3n) is 4.48. The van der Waals surface area contributed by atoms with Crippen molar-refractivity contribution in [1.29, 1.82) is 0 Å². The highest BCUT2D eigenvalue weighted by molar-refractivity contribution is 5.94. The fourth-order valence-electron chi connectivity index (χ4n) is 2.83. The summed E-state index contributed by atoms with van der Waals surface area (Å²) in [6, 6.07) is 17.1. The highest BCUT2D eigenvalue weighted by Crippen LogP contribution is 2.11. The lowest BCUT2D eigenvalue weighted by atomic mass is 9.96. The molecular weight excluding hydrogens is 356 g/mol. The van der Waals surface area contributed by atoms with Gasteiger partial charge in [-0.1, -0.05) is 61.9 Å². The number of unbranched alkanes of at least 4 members (excludes halogenated alkanes) is 1. The molecule has 150 valence electrons. The monoisotopic (exact) mass is 384 g/mol. The summed E-state index contributed by atoms with van der Waals surface area (Å²) < 4.78 is 0. The maximum absolute atomic E-state index is 12.5. The number of rotatable bonds is 10. The van der Waals surface area contributed by atoms with Crippen LogP contribution in [-0.4, -0.2) is 46.8 Å². The van der Waals surface area contributed by atoms with Crippen LogP contribution in [0.1, 0.15) is 35.7 Å². The second kappa shape index (κ2) is 11.2. The Kier molecular flexibility index (Phi) is 8.65. The highest BCUT2D eigenvalue weighted by atomic mass is 16.3. The van der Waals surface area contributed by atoms with Gasteiger partial charge in [-0.25, -0.2) is 0 Å². The molecule has 0 unspecified atom stereocenters. The van der Waals surface area contributed by atoms with E-state index in [-0.39, 0.29) is 12.3 Å². The molecule has 2 amide bonds. The minimum atomic E-state index is -1.64. The first-order valence-electron chi connectivity index (χ1n) is 9.56. The van der Waals surface area contributed by atoms with Gasteiger partial charge in [0, 0.05) is 12.1 Å². The molecule has 2 rings (SSSR count). The molecular formula is C22H28N2O4. The van der Waals surface area contributed by atoms with Crippen LogP contribution in [-0.2, 0) is 11.2 Å². The van der Waals surface area contributed by atoms with Crippen molar-refractivity contribution in [3.63, 3.8) is 0 Å². The largest absolute Gasteiger partial charge is 0.388 e. The predicted molar refractivity (Wildman–Crippen MR) is 108 cm³/mol. The zero-order chi connectivity index (χ0) is 20.4. The molecule has 0 spiro atoms. The van der Waals surface area contributed by atoms with E-state index in [9.17, 15) is 19.8 Å². The van der Waals surface area contributed by atoms with Crippen molar-refractivity contribution in [2.24, 2.45) is 0 Å². The van der Waals surface area contributed by atoms with E-state index in [4.69, 9.17) is 0 Å². The van der Waals surface area contributed by atoms with Crippen molar-refractivity contribution in [2.45, 2.75) is 44.4 Å². The summed E-state index contributed by atoms with van der Waals surface area (Å²) in [5, 5.41) is 26.3. The van der Waals surface area contributed by atoms with E-state index in [1.165, 1.54) is 0 Å². The maximum atomic E-state index is 12.5. The van der Waals surface area contributed by atoms with Crippen LogP contribution in [0.5, 0.6) is 0 Å². The molecule has 0 aliphatic carbocycles. The molecule has 0 bridgehead atoms. The van der Waals surface area contributed by atoms with Crippen LogP contribution in [0.4, 0.5) is 0 Å². The Bertz CT molecular complexity index is 737. The van der Waals surface area contributed by atoms with Crippen LogP contribution >= 0.6 is 0 Å². The maximum Gasteiger partial charge on any atom is 0.251 e. The summed E-state index contributed by atoms with van der Waals surface area (Å²) in [6.45, 7) is 2.42. The molecule has 2 aromatic carbocycles. The third kappa shape index (κ3) is 6.48. The Morgan fingerprint density at radius 3 is 2.18 bits per heavy atom. The number of nitrogens with one attached hydrogen (secondary N) is 2. The number of carbonyl (C=O) groups excluding carboxylic acids is 2. The van der Waals surface area contributed by atoms with Gasteiger partial charge in [-0.3, -0.25) is 9.59 Å². The van der Waals surface area contributed by atoms with Crippen LogP contribution < -0.4 is 10.6 Å². The molecule has 6 heteroatoms. The van der Waals surface area contributed by atoms with Gasteiger partial charge in [0.05, 0.1) is 6.04 Å². The molecule has 0 fully saturated rings. The van der Waals surface area contributed by atoms with E-state index in [0.717, 1.165) is 18.4 Å². The van der Waals surface area contributed by atoms with Crippen molar-refractivity contribution >= 4 is 11.8 Å². The highest BCUT2D eigenvalue weighted by Gasteiger charge is 2.32. The molecule has 0 radical (unpaired) electrons. The molecule has 0 aliphatic rings. The SMILES string of the molecule is CCCCNC(=O)[C@H](O)[C@@H](O)[C@H](Cc1ccccc1)NC(=O)c1ccccc1. The standard InChI is InChI=1S/C22H28N2O4/c1-2-3-14-23-22(28)20(26)19(25)18(15-16-10-6-4-7-11-16)24-21(27)17-12-8-5-9-13-17/h4-13,18-20,25-26H,2-3,14-15H2,1H3,(H,23,28)(H,24,27)/t18-,19-,20+/m0/s1. The number of aliphatic hydroxyl groups is 2. The number of hydrogen-bond acceptors (Lipinski definition) is 4. The van der Waals surface area contributed by atoms with Crippen LogP contribution in [0.15, 0.2) is 60.7 Å². The van der Waals surface area contributed by atoms with Crippen LogP contribution in [0.3, 0.4) is 0 Å². The number of hydrogen-bond donors (Lipinski definition) is 4. The lowest BCUT2D eigenvalue weighted by Crippen LogP contribution is -2.54. The molecule has 0 saturated heterocycles. The molecule has 0 saturated carbocycles. The van der Waals surface area contributed by atoms with Gasteiger partial charge in [0.25, 0.3) is 11.8 Å². The van der Waals surface area contributed by atoms with Crippen molar-refractivity contribution in [1.82, 2.24) is 10.6 Å². The first-order valence-corrected chi connectivity index (χ1v) is 9.56. The zero-order valence-corrected chi connectivity index (χ0v) is 16.0. The lowest BCUT2D eigenvalue weighted by Gasteiger charge is -2.27. The molecule has 6 nitrogen and oxygen atoms in total. The van der Waals surface area contributed by atoms with Crippen molar-refractivity contribution in [3.8, 4) is 0 Å². The van der Waals surface area contributed by atoms with E-state index < -0.39 is 24.2 Å². The fraction of sp³-hybridized carbons (Fsp3) is 0.364. The van der Waals surface area contributed by atoms with Crippen molar-refractivity contribution in [2.75, 3.05) is 6.54 Å². The summed E-state index contributed by atoms with van der Waals surface area (Å²) in [6.07, 6.45) is -1.12. The number of aliphatic hydroxyl groups excluding tert-OH is 2. The average Bonchev–Trinajstić information content (AvgIpc) is 2.73. The smallest absolute Gasteiger partial charge is 0.251 e. The summed E-state index contributed by atoms with van der Waals surface area (Å²) in [7, 11) is 0. The van der Waals surface area contributed by atoms with Gasteiger partial charge in [0.1, 0.15) is 6.10 Å². The van der Waals surface area contributed by atoms with E-state index in [1.54, 1.807) is 30.3 Å². The number of carbonyl (C=O) groups is 2. The van der Waals surface area contributed by atoms with Gasteiger partial charge < -0.3 is 20.8 Å². The minimum absolute atomic E-state index is 0.278. The molecule has 0 heterocycles. The van der Waals surface area contributed by atoms with E-state index in [1.807, 2.05) is 37.3 Å². The number of benzene rings is 2. The predicted octanol–water partition coefficient (Wildman–Crippen LogP) is 1.67. The fourth-order valence-corrected chi connectivity index (χ4v) is 2.83. The van der Waals surface area contributed by atoms with Gasteiger partial charge in [-0.2, -0.15) is 0 Å². The van der Waals surface area contributed by atoms with E-state index in [0.29, 0.717) is 12.1 Å². The van der Waals surface area contributed by atoms with E-state index in [2.05, 4.69) is 10.6 Å².